The van der Waals surface area contributed by atoms with E-state index in [9.17, 15) is 9.59 Å². The van der Waals surface area contributed by atoms with Gasteiger partial charge in [-0.3, -0.25) is 14.3 Å². The zero-order chi connectivity index (χ0) is 22.4. The fraction of sp³-hybridized carbons (Fsp3) is 0.308. The van der Waals surface area contributed by atoms with Crippen molar-refractivity contribution >= 4 is 16.8 Å². The Hall–Kier alpha value is -3.74. The van der Waals surface area contributed by atoms with Crippen LogP contribution in [-0.2, 0) is 11.3 Å². The van der Waals surface area contributed by atoms with Crippen LogP contribution in [0, 0.1) is 11.8 Å². The second kappa shape index (κ2) is 7.99. The molecule has 1 saturated heterocycles. The Morgan fingerprint density at radius 2 is 1.79 bits per heavy atom. The molecule has 166 valence electrons. The lowest BCUT2D eigenvalue weighted by atomic mass is 10.0. The van der Waals surface area contributed by atoms with Crippen molar-refractivity contribution in [1.29, 1.82) is 0 Å². The number of aromatic nitrogens is 4. The Kier molecular flexibility index (Phi) is 4.82. The van der Waals surface area contributed by atoms with Crippen molar-refractivity contribution < 1.29 is 4.79 Å². The summed E-state index contributed by atoms with van der Waals surface area (Å²) in [6.07, 6.45) is 4.77. The minimum absolute atomic E-state index is 0.205. The molecule has 4 aromatic rings. The van der Waals surface area contributed by atoms with Gasteiger partial charge in [-0.25, -0.2) is 9.89 Å². The van der Waals surface area contributed by atoms with Crippen molar-refractivity contribution in [1.82, 2.24) is 24.6 Å². The molecule has 0 spiro atoms. The van der Waals surface area contributed by atoms with E-state index in [1.807, 2.05) is 29.2 Å². The SMILES string of the molecule is O=C(C1CC1)N1CC[C@@H](Cn2c(-c3ccc(-c4ccc5ncccc5c4)cc3)n[nH]c2=O)C1. The zero-order valence-electron chi connectivity index (χ0n) is 18.3. The van der Waals surface area contributed by atoms with Gasteiger partial charge >= 0.3 is 5.69 Å². The van der Waals surface area contributed by atoms with Crippen LogP contribution in [0.15, 0.2) is 65.6 Å². The molecule has 1 atom stereocenters. The summed E-state index contributed by atoms with van der Waals surface area (Å²) in [5, 5.41) is 8.01. The maximum absolute atomic E-state index is 12.5. The summed E-state index contributed by atoms with van der Waals surface area (Å²) in [5.74, 6) is 1.44. The van der Waals surface area contributed by atoms with Crippen molar-refractivity contribution in [2.75, 3.05) is 13.1 Å². The number of benzene rings is 2. The molecular weight excluding hydrogens is 414 g/mol. The third-order valence-corrected chi connectivity index (χ3v) is 6.80. The Morgan fingerprint density at radius 1 is 1.00 bits per heavy atom. The fourth-order valence-electron chi connectivity index (χ4n) is 4.80. The number of fused-ring (bicyclic) bond motifs is 1. The lowest BCUT2D eigenvalue weighted by Gasteiger charge is -2.16. The summed E-state index contributed by atoms with van der Waals surface area (Å²) in [7, 11) is 0. The molecule has 6 rings (SSSR count). The predicted molar refractivity (Wildman–Crippen MR) is 126 cm³/mol. The number of rotatable bonds is 5. The molecule has 0 radical (unpaired) electrons. The Morgan fingerprint density at radius 3 is 2.61 bits per heavy atom. The van der Waals surface area contributed by atoms with Gasteiger partial charge in [-0.15, -0.1) is 0 Å². The summed E-state index contributed by atoms with van der Waals surface area (Å²) in [6.45, 7) is 2.08. The van der Waals surface area contributed by atoms with Crippen LogP contribution in [0.25, 0.3) is 33.4 Å². The van der Waals surface area contributed by atoms with E-state index in [1.54, 1.807) is 10.8 Å². The molecule has 1 saturated carbocycles. The zero-order valence-corrected chi connectivity index (χ0v) is 18.3. The summed E-state index contributed by atoms with van der Waals surface area (Å²) in [5.41, 5.74) is 3.88. The third-order valence-electron chi connectivity index (χ3n) is 6.80. The molecule has 2 fully saturated rings. The summed E-state index contributed by atoms with van der Waals surface area (Å²) < 4.78 is 1.71. The van der Waals surface area contributed by atoms with Gasteiger partial charge in [0.2, 0.25) is 5.91 Å². The topological polar surface area (TPSA) is 83.9 Å². The van der Waals surface area contributed by atoms with E-state index in [1.165, 1.54) is 0 Å². The largest absolute Gasteiger partial charge is 0.343 e. The number of carbonyl (C=O) groups is 1. The number of hydrogen-bond donors (Lipinski definition) is 1. The number of hydrogen-bond acceptors (Lipinski definition) is 4. The second-order valence-corrected chi connectivity index (χ2v) is 9.16. The van der Waals surface area contributed by atoms with E-state index < -0.39 is 0 Å². The first-order valence-electron chi connectivity index (χ1n) is 11.6. The van der Waals surface area contributed by atoms with Gasteiger partial charge in [0.05, 0.1) is 5.52 Å². The highest BCUT2D eigenvalue weighted by Crippen LogP contribution is 2.33. The van der Waals surface area contributed by atoms with Crippen molar-refractivity contribution in [2.45, 2.75) is 25.8 Å². The van der Waals surface area contributed by atoms with Gasteiger partial charge in [0.25, 0.3) is 0 Å². The maximum atomic E-state index is 12.5. The molecule has 1 N–H and O–H groups in total. The first kappa shape index (κ1) is 19.9. The first-order chi connectivity index (χ1) is 16.2. The van der Waals surface area contributed by atoms with Crippen LogP contribution < -0.4 is 5.69 Å². The highest BCUT2D eigenvalue weighted by Gasteiger charge is 2.36. The monoisotopic (exact) mass is 439 g/mol. The van der Waals surface area contributed by atoms with Gasteiger partial charge in [0.1, 0.15) is 0 Å². The highest BCUT2D eigenvalue weighted by molar-refractivity contribution is 5.84. The van der Waals surface area contributed by atoms with Crippen LogP contribution in [-0.4, -0.2) is 43.6 Å². The van der Waals surface area contributed by atoms with Crippen molar-refractivity contribution in [2.24, 2.45) is 11.8 Å². The molecule has 2 aliphatic rings. The molecular formula is C26H25N5O2. The van der Waals surface area contributed by atoms with Gasteiger partial charge in [-0.1, -0.05) is 36.4 Å². The van der Waals surface area contributed by atoms with Crippen LogP contribution in [0.3, 0.4) is 0 Å². The van der Waals surface area contributed by atoms with Crippen LogP contribution in [0.1, 0.15) is 19.3 Å². The molecule has 2 aromatic carbocycles. The third kappa shape index (κ3) is 3.84. The average Bonchev–Trinajstić information content (AvgIpc) is 3.50. The molecule has 1 amide bonds. The van der Waals surface area contributed by atoms with Crippen LogP contribution in [0.2, 0.25) is 0 Å². The lowest BCUT2D eigenvalue weighted by molar-refractivity contribution is -0.131. The molecule has 0 unspecified atom stereocenters. The molecule has 3 heterocycles. The van der Waals surface area contributed by atoms with E-state index in [-0.39, 0.29) is 23.4 Å². The minimum Gasteiger partial charge on any atom is -0.342 e. The number of carbonyl (C=O) groups excluding carboxylic acids is 1. The van der Waals surface area contributed by atoms with E-state index >= 15 is 0 Å². The standard InChI is InChI=1S/C26H25N5O2/c32-25(20-7-8-20)30-13-11-17(15-30)16-31-24(28-29-26(31)33)19-5-3-18(4-6-19)21-9-10-23-22(14-21)2-1-12-27-23/h1-6,9-10,12,14,17,20H,7-8,11,13,15-16H2,(H,29,33)/t17-/m1/s1. The highest BCUT2D eigenvalue weighted by atomic mass is 16.2. The van der Waals surface area contributed by atoms with E-state index in [4.69, 9.17) is 0 Å². The minimum atomic E-state index is -0.205. The number of aromatic amines is 1. The van der Waals surface area contributed by atoms with Crippen molar-refractivity contribution in [3.05, 3.63) is 71.3 Å². The number of nitrogens with one attached hydrogen (secondary N) is 1. The summed E-state index contributed by atoms with van der Waals surface area (Å²) >= 11 is 0. The Labute approximate surface area is 191 Å². The Bertz CT molecular complexity index is 1380. The number of pyridine rings is 1. The summed E-state index contributed by atoms with van der Waals surface area (Å²) in [6, 6.07) is 18.4. The second-order valence-electron chi connectivity index (χ2n) is 9.16. The average molecular weight is 440 g/mol. The smallest absolute Gasteiger partial charge is 0.342 e. The van der Waals surface area contributed by atoms with Crippen molar-refractivity contribution in [3.8, 4) is 22.5 Å². The van der Waals surface area contributed by atoms with E-state index in [0.717, 1.165) is 59.9 Å². The first-order valence-corrected chi connectivity index (χ1v) is 11.6. The normalized spacial score (nSPS) is 18.2. The van der Waals surface area contributed by atoms with Crippen LogP contribution in [0.5, 0.6) is 0 Å². The number of likely N-dealkylation sites (tertiary alicyclic amines) is 1. The van der Waals surface area contributed by atoms with Gasteiger partial charge < -0.3 is 4.90 Å². The molecule has 7 nitrogen and oxygen atoms in total. The fourth-order valence-corrected chi connectivity index (χ4v) is 4.80. The number of H-pyrrole nitrogens is 1. The number of amides is 1. The van der Waals surface area contributed by atoms with E-state index in [0.29, 0.717) is 12.4 Å². The van der Waals surface area contributed by atoms with Gasteiger partial charge in [-0.05, 0) is 54.5 Å². The summed E-state index contributed by atoms with van der Waals surface area (Å²) in [4.78, 5) is 31.2. The molecule has 0 bridgehead atoms. The Balaban J connectivity index is 1.22. The molecule has 2 aromatic heterocycles. The van der Waals surface area contributed by atoms with Gasteiger partial charge in [0.15, 0.2) is 5.82 Å². The van der Waals surface area contributed by atoms with Crippen LogP contribution >= 0.6 is 0 Å². The van der Waals surface area contributed by atoms with Crippen LogP contribution in [0.4, 0.5) is 0 Å². The molecule has 1 aliphatic heterocycles. The lowest BCUT2D eigenvalue weighted by Crippen LogP contribution is -2.31. The molecule has 7 heteroatoms. The van der Waals surface area contributed by atoms with Crippen molar-refractivity contribution in [3.63, 3.8) is 0 Å². The number of nitrogens with zero attached hydrogens (tertiary/aromatic N) is 4. The van der Waals surface area contributed by atoms with Gasteiger partial charge in [0, 0.05) is 42.7 Å². The van der Waals surface area contributed by atoms with E-state index in [2.05, 4.69) is 45.5 Å². The van der Waals surface area contributed by atoms with Gasteiger partial charge in [-0.2, -0.15) is 5.10 Å². The maximum Gasteiger partial charge on any atom is 0.343 e. The predicted octanol–water partition coefficient (Wildman–Crippen LogP) is 3.71. The molecule has 33 heavy (non-hydrogen) atoms. The molecule has 1 aliphatic carbocycles. The quantitative estimate of drug-likeness (QED) is 0.514.